The Labute approximate surface area is 127 Å². The van der Waals surface area contributed by atoms with Crippen LogP contribution in [-0.2, 0) is 9.59 Å². The molecule has 2 aliphatic rings. The molecule has 0 aromatic carbocycles. The Balaban J connectivity index is 0.00000200. The number of hydrogen-bond donors (Lipinski definition) is 1. The van der Waals surface area contributed by atoms with Crippen molar-refractivity contribution in [2.24, 2.45) is 0 Å². The van der Waals surface area contributed by atoms with Crippen molar-refractivity contribution in [3.8, 4) is 0 Å². The molecule has 2 saturated heterocycles. The predicted octanol–water partition coefficient (Wildman–Crippen LogP) is 1.02. The fourth-order valence-corrected chi connectivity index (χ4v) is 3.02. The molecule has 2 rings (SSSR count). The molecule has 5 nitrogen and oxygen atoms in total. The van der Waals surface area contributed by atoms with Gasteiger partial charge in [0, 0.05) is 38.6 Å². The third-order valence-electron chi connectivity index (χ3n) is 4.00. The van der Waals surface area contributed by atoms with Gasteiger partial charge in [-0.25, -0.2) is 0 Å². The van der Waals surface area contributed by atoms with E-state index in [2.05, 4.69) is 12.2 Å². The van der Waals surface area contributed by atoms with E-state index in [0.29, 0.717) is 12.5 Å². The normalized spacial score (nSPS) is 26.3. The highest BCUT2D eigenvalue weighted by Gasteiger charge is 2.36. The number of nitrogens with one attached hydrogen (secondary N) is 1. The Kier molecular flexibility index (Phi) is 6.76. The maximum absolute atomic E-state index is 12.6. The Morgan fingerprint density at radius 2 is 2.05 bits per heavy atom. The zero-order valence-electron chi connectivity index (χ0n) is 12.4. The summed E-state index contributed by atoms with van der Waals surface area (Å²) in [7, 11) is 0. The fourth-order valence-electron chi connectivity index (χ4n) is 3.02. The highest BCUT2D eigenvalue weighted by Crippen LogP contribution is 2.21. The maximum Gasteiger partial charge on any atom is 0.245 e. The molecule has 2 aliphatic heterocycles. The van der Waals surface area contributed by atoms with Gasteiger partial charge in [0.1, 0.15) is 6.04 Å². The summed E-state index contributed by atoms with van der Waals surface area (Å²) in [4.78, 5) is 28.3. The van der Waals surface area contributed by atoms with Crippen molar-refractivity contribution < 1.29 is 9.59 Å². The molecule has 2 unspecified atom stereocenters. The van der Waals surface area contributed by atoms with Crippen molar-refractivity contribution in [1.82, 2.24) is 15.1 Å². The van der Waals surface area contributed by atoms with Gasteiger partial charge in [0.05, 0.1) is 0 Å². The summed E-state index contributed by atoms with van der Waals surface area (Å²) < 4.78 is 0. The van der Waals surface area contributed by atoms with Crippen LogP contribution in [0.2, 0.25) is 0 Å². The van der Waals surface area contributed by atoms with Crippen LogP contribution in [0.25, 0.3) is 0 Å². The van der Waals surface area contributed by atoms with Crippen LogP contribution in [0, 0.1) is 0 Å². The lowest BCUT2D eigenvalue weighted by Crippen LogP contribution is -2.56. The average Bonchev–Trinajstić information content (AvgIpc) is 2.87. The molecule has 2 amide bonds. The molecule has 0 saturated carbocycles. The van der Waals surface area contributed by atoms with Crippen LogP contribution in [-0.4, -0.2) is 59.9 Å². The summed E-state index contributed by atoms with van der Waals surface area (Å²) in [5, 5.41) is 3.34. The molecule has 0 aromatic heterocycles. The molecular formula is C14H26ClN3O2. The second-order valence-electron chi connectivity index (χ2n) is 5.63. The largest absolute Gasteiger partial charge is 0.338 e. The number of hydrogen-bond acceptors (Lipinski definition) is 3. The van der Waals surface area contributed by atoms with E-state index >= 15 is 0 Å². The summed E-state index contributed by atoms with van der Waals surface area (Å²) in [6.45, 7) is 7.21. The number of likely N-dealkylation sites (tertiary alicyclic amines) is 1. The van der Waals surface area contributed by atoms with Gasteiger partial charge in [-0.3, -0.25) is 9.59 Å². The van der Waals surface area contributed by atoms with Crippen molar-refractivity contribution in [2.45, 2.75) is 51.6 Å². The molecule has 0 aromatic rings. The Morgan fingerprint density at radius 3 is 2.70 bits per heavy atom. The van der Waals surface area contributed by atoms with E-state index in [9.17, 15) is 9.59 Å². The highest BCUT2D eigenvalue weighted by atomic mass is 35.5. The molecule has 6 heteroatoms. The summed E-state index contributed by atoms with van der Waals surface area (Å²) in [6, 6.07) is 0.142. The topological polar surface area (TPSA) is 52.7 Å². The summed E-state index contributed by atoms with van der Waals surface area (Å²) in [6.07, 6.45) is 3.18. The average molecular weight is 304 g/mol. The monoisotopic (exact) mass is 303 g/mol. The van der Waals surface area contributed by atoms with Crippen LogP contribution in [0.4, 0.5) is 0 Å². The number of amides is 2. The van der Waals surface area contributed by atoms with Crippen molar-refractivity contribution in [3.63, 3.8) is 0 Å². The lowest BCUT2D eigenvalue weighted by atomic mass is 10.1. The zero-order valence-corrected chi connectivity index (χ0v) is 13.2. The van der Waals surface area contributed by atoms with E-state index in [1.807, 2.05) is 11.8 Å². The van der Waals surface area contributed by atoms with Gasteiger partial charge in [-0.2, -0.15) is 0 Å². The van der Waals surface area contributed by atoms with Gasteiger partial charge in [0.25, 0.3) is 0 Å². The van der Waals surface area contributed by atoms with Gasteiger partial charge in [0.15, 0.2) is 0 Å². The zero-order chi connectivity index (χ0) is 13.8. The summed E-state index contributed by atoms with van der Waals surface area (Å²) >= 11 is 0. The second kappa shape index (κ2) is 7.84. The molecule has 0 spiro atoms. The molecule has 0 aliphatic carbocycles. The lowest BCUT2D eigenvalue weighted by Gasteiger charge is -2.35. The standard InChI is InChI=1S/C14H25N3O2.ClH/c1-3-5-13(18)17-8-4-6-12(17)14(19)16-9-7-15-11(2)10-16;/h11-12,15H,3-10H2,1-2H3;1H. The van der Waals surface area contributed by atoms with Crippen molar-refractivity contribution in [1.29, 1.82) is 0 Å². The molecule has 2 heterocycles. The van der Waals surface area contributed by atoms with Crippen LogP contribution >= 0.6 is 12.4 Å². The highest BCUT2D eigenvalue weighted by molar-refractivity contribution is 5.88. The number of nitrogens with zero attached hydrogens (tertiary/aromatic N) is 2. The Hall–Kier alpha value is -0.810. The number of rotatable bonds is 3. The molecule has 0 radical (unpaired) electrons. The van der Waals surface area contributed by atoms with Crippen LogP contribution in [0.3, 0.4) is 0 Å². The van der Waals surface area contributed by atoms with Gasteiger partial charge in [-0.15, -0.1) is 12.4 Å². The Bertz CT molecular complexity index is 351. The molecule has 2 fully saturated rings. The van der Waals surface area contributed by atoms with Gasteiger partial charge in [0.2, 0.25) is 11.8 Å². The number of piperazine rings is 1. The molecule has 116 valence electrons. The summed E-state index contributed by atoms with van der Waals surface area (Å²) in [5.74, 6) is 0.289. The first kappa shape index (κ1) is 17.2. The third kappa shape index (κ3) is 3.85. The van der Waals surface area contributed by atoms with E-state index in [4.69, 9.17) is 0 Å². The van der Waals surface area contributed by atoms with E-state index in [0.717, 1.165) is 45.4 Å². The second-order valence-corrected chi connectivity index (χ2v) is 5.63. The van der Waals surface area contributed by atoms with Crippen molar-refractivity contribution >= 4 is 24.2 Å². The molecular weight excluding hydrogens is 278 g/mol. The first-order valence-electron chi connectivity index (χ1n) is 7.45. The first-order chi connectivity index (χ1) is 9.13. The van der Waals surface area contributed by atoms with E-state index in [1.165, 1.54) is 0 Å². The number of carbonyl (C=O) groups excluding carboxylic acids is 2. The number of carbonyl (C=O) groups is 2. The van der Waals surface area contributed by atoms with Crippen LogP contribution in [0.5, 0.6) is 0 Å². The molecule has 1 N–H and O–H groups in total. The van der Waals surface area contributed by atoms with Gasteiger partial charge < -0.3 is 15.1 Å². The predicted molar refractivity (Wildman–Crippen MR) is 80.9 cm³/mol. The minimum Gasteiger partial charge on any atom is -0.338 e. The van der Waals surface area contributed by atoms with E-state index in [1.54, 1.807) is 4.90 Å². The quantitative estimate of drug-likeness (QED) is 0.847. The van der Waals surface area contributed by atoms with Gasteiger partial charge in [-0.1, -0.05) is 6.92 Å². The van der Waals surface area contributed by atoms with Gasteiger partial charge >= 0.3 is 0 Å². The minimum atomic E-state index is -0.204. The SMILES string of the molecule is CCCC(=O)N1CCCC1C(=O)N1CCNC(C)C1.Cl. The van der Waals surface area contributed by atoms with Gasteiger partial charge in [-0.05, 0) is 26.2 Å². The summed E-state index contributed by atoms with van der Waals surface area (Å²) in [5.41, 5.74) is 0. The third-order valence-corrected chi connectivity index (χ3v) is 4.00. The van der Waals surface area contributed by atoms with Crippen LogP contribution in [0.1, 0.15) is 39.5 Å². The molecule has 0 bridgehead atoms. The fraction of sp³-hybridized carbons (Fsp3) is 0.857. The minimum absolute atomic E-state index is 0. The molecule has 20 heavy (non-hydrogen) atoms. The smallest absolute Gasteiger partial charge is 0.245 e. The van der Waals surface area contributed by atoms with Crippen LogP contribution in [0.15, 0.2) is 0 Å². The van der Waals surface area contributed by atoms with E-state index in [-0.39, 0.29) is 30.3 Å². The van der Waals surface area contributed by atoms with E-state index < -0.39 is 0 Å². The number of halogens is 1. The lowest BCUT2D eigenvalue weighted by molar-refractivity contribution is -0.144. The van der Waals surface area contributed by atoms with Crippen molar-refractivity contribution in [2.75, 3.05) is 26.2 Å². The van der Waals surface area contributed by atoms with Crippen molar-refractivity contribution in [3.05, 3.63) is 0 Å². The van der Waals surface area contributed by atoms with Crippen LogP contribution < -0.4 is 5.32 Å². The maximum atomic E-state index is 12.6. The Morgan fingerprint density at radius 1 is 1.30 bits per heavy atom. The molecule has 2 atom stereocenters. The first-order valence-corrected chi connectivity index (χ1v) is 7.45.